The van der Waals surface area contributed by atoms with Crippen molar-refractivity contribution < 1.29 is 4.39 Å². The summed E-state index contributed by atoms with van der Waals surface area (Å²) in [4.78, 5) is 5.43. The van der Waals surface area contributed by atoms with E-state index in [2.05, 4.69) is 47.1 Å². The molecule has 0 aliphatic heterocycles. The molecule has 136 valence electrons. The fourth-order valence-electron chi connectivity index (χ4n) is 2.76. The third-order valence-electron chi connectivity index (χ3n) is 4.26. The van der Waals surface area contributed by atoms with E-state index in [0.717, 1.165) is 25.1 Å². The second-order valence-corrected chi connectivity index (χ2v) is 7.45. The van der Waals surface area contributed by atoms with Crippen LogP contribution in [0.5, 0.6) is 0 Å². The standard InChI is InChI=1S/C21H24FN3S/c1-15-12-24-14-18-5-8-20(11-21(15)18)26-25-16(2)13-23-10-9-17-3-6-19(22)7-4-17/h3-8,11-12,14,16,23,25H,9-10,13H2,1-2H3. The number of hydrogen-bond acceptors (Lipinski definition) is 4. The summed E-state index contributed by atoms with van der Waals surface area (Å²) in [6, 6.07) is 13.5. The molecule has 1 unspecified atom stereocenters. The van der Waals surface area contributed by atoms with Gasteiger partial charge in [-0.1, -0.05) is 18.2 Å². The predicted molar refractivity (Wildman–Crippen MR) is 108 cm³/mol. The van der Waals surface area contributed by atoms with Gasteiger partial charge in [-0.05, 0) is 79.5 Å². The lowest BCUT2D eigenvalue weighted by molar-refractivity contribution is 0.585. The highest BCUT2D eigenvalue weighted by molar-refractivity contribution is 7.97. The molecule has 0 bridgehead atoms. The van der Waals surface area contributed by atoms with Gasteiger partial charge in [0.1, 0.15) is 5.82 Å². The Morgan fingerprint density at radius 2 is 1.92 bits per heavy atom. The highest BCUT2D eigenvalue weighted by Crippen LogP contribution is 2.23. The Hall–Kier alpha value is -1.95. The molecule has 0 spiro atoms. The van der Waals surface area contributed by atoms with Crippen molar-refractivity contribution in [3.8, 4) is 0 Å². The lowest BCUT2D eigenvalue weighted by Crippen LogP contribution is -2.33. The fraction of sp³-hybridized carbons (Fsp3) is 0.286. The summed E-state index contributed by atoms with van der Waals surface area (Å²) in [5, 5.41) is 5.86. The second kappa shape index (κ2) is 9.12. The first-order valence-electron chi connectivity index (χ1n) is 8.84. The van der Waals surface area contributed by atoms with Crippen LogP contribution < -0.4 is 10.0 Å². The predicted octanol–water partition coefficient (Wildman–Crippen LogP) is 4.50. The average Bonchev–Trinajstić information content (AvgIpc) is 2.65. The molecular formula is C21H24FN3S. The number of hydrogen-bond donors (Lipinski definition) is 2. The van der Waals surface area contributed by atoms with E-state index in [1.54, 1.807) is 11.9 Å². The quantitative estimate of drug-likeness (QED) is 0.453. The van der Waals surface area contributed by atoms with Crippen LogP contribution in [0.15, 0.2) is 59.8 Å². The summed E-state index contributed by atoms with van der Waals surface area (Å²) < 4.78 is 16.4. The Morgan fingerprint density at radius 1 is 1.12 bits per heavy atom. The first-order valence-corrected chi connectivity index (χ1v) is 9.65. The Bertz CT molecular complexity index is 852. The van der Waals surface area contributed by atoms with Crippen LogP contribution in [0.25, 0.3) is 10.8 Å². The third-order valence-corrected chi connectivity index (χ3v) is 5.27. The fourth-order valence-corrected chi connectivity index (χ4v) is 3.50. The maximum Gasteiger partial charge on any atom is 0.123 e. The molecule has 3 nitrogen and oxygen atoms in total. The van der Waals surface area contributed by atoms with Crippen LogP contribution in [0.2, 0.25) is 0 Å². The van der Waals surface area contributed by atoms with Crippen molar-refractivity contribution in [2.75, 3.05) is 13.1 Å². The molecule has 5 heteroatoms. The van der Waals surface area contributed by atoms with Gasteiger partial charge in [0.05, 0.1) is 0 Å². The molecule has 2 N–H and O–H groups in total. The van der Waals surface area contributed by atoms with Crippen molar-refractivity contribution in [1.82, 2.24) is 15.0 Å². The highest BCUT2D eigenvalue weighted by atomic mass is 32.2. The molecule has 0 aliphatic carbocycles. The van der Waals surface area contributed by atoms with Gasteiger partial charge in [-0.3, -0.25) is 9.71 Å². The Balaban J connectivity index is 1.41. The van der Waals surface area contributed by atoms with Gasteiger partial charge < -0.3 is 5.32 Å². The van der Waals surface area contributed by atoms with E-state index >= 15 is 0 Å². The van der Waals surface area contributed by atoms with E-state index in [9.17, 15) is 4.39 Å². The molecule has 0 fully saturated rings. The molecule has 0 radical (unpaired) electrons. The first-order chi connectivity index (χ1) is 12.6. The number of aromatic nitrogens is 1. The number of pyridine rings is 1. The van der Waals surface area contributed by atoms with E-state index in [4.69, 9.17) is 0 Å². The maximum atomic E-state index is 12.9. The van der Waals surface area contributed by atoms with E-state index < -0.39 is 0 Å². The van der Waals surface area contributed by atoms with E-state index in [-0.39, 0.29) is 5.82 Å². The van der Waals surface area contributed by atoms with Crippen molar-refractivity contribution in [2.24, 2.45) is 0 Å². The topological polar surface area (TPSA) is 37.0 Å². The van der Waals surface area contributed by atoms with Crippen LogP contribution in [-0.4, -0.2) is 24.1 Å². The molecule has 1 heterocycles. The molecule has 0 saturated carbocycles. The summed E-state index contributed by atoms with van der Waals surface area (Å²) in [7, 11) is 0. The molecule has 0 amide bonds. The van der Waals surface area contributed by atoms with Crippen LogP contribution in [-0.2, 0) is 6.42 Å². The maximum absolute atomic E-state index is 12.9. The molecule has 3 aromatic rings. The van der Waals surface area contributed by atoms with Crippen molar-refractivity contribution in [1.29, 1.82) is 0 Å². The number of benzene rings is 2. The molecule has 2 aromatic carbocycles. The van der Waals surface area contributed by atoms with Gasteiger partial charge in [0.2, 0.25) is 0 Å². The Labute approximate surface area is 158 Å². The molecule has 0 aliphatic rings. The molecule has 1 atom stereocenters. The number of nitrogens with zero attached hydrogens (tertiary/aromatic N) is 1. The minimum absolute atomic E-state index is 0.184. The highest BCUT2D eigenvalue weighted by Gasteiger charge is 2.04. The minimum Gasteiger partial charge on any atom is -0.315 e. The number of rotatable bonds is 8. The SMILES string of the molecule is Cc1cncc2ccc(SNC(C)CNCCc3ccc(F)cc3)cc12. The summed E-state index contributed by atoms with van der Waals surface area (Å²) in [5.41, 5.74) is 2.34. The molecule has 3 rings (SSSR count). The largest absolute Gasteiger partial charge is 0.315 e. The lowest BCUT2D eigenvalue weighted by atomic mass is 10.1. The lowest BCUT2D eigenvalue weighted by Gasteiger charge is -2.14. The summed E-state index contributed by atoms with van der Waals surface area (Å²) in [5.74, 6) is -0.184. The second-order valence-electron chi connectivity index (χ2n) is 6.54. The smallest absolute Gasteiger partial charge is 0.123 e. The van der Waals surface area contributed by atoms with Crippen LogP contribution in [0.3, 0.4) is 0 Å². The van der Waals surface area contributed by atoms with E-state index in [1.165, 1.54) is 33.4 Å². The zero-order chi connectivity index (χ0) is 18.4. The number of aryl methyl sites for hydroxylation is 1. The van der Waals surface area contributed by atoms with Crippen LogP contribution >= 0.6 is 11.9 Å². The molecule has 26 heavy (non-hydrogen) atoms. The van der Waals surface area contributed by atoms with Gasteiger partial charge in [0.15, 0.2) is 0 Å². The number of halogens is 1. The van der Waals surface area contributed by atoms with Crippen LogP contribution in [0.4, 0.5) is 4.39 Å². The molecular weight excluding hydrogens is 345 g/mol. The average molecular weight is 370 g/mol. The number of fused-ring (bicyclic) bond motifs is 1. The van der Waals surface area contributed by atoms with Gasteiger partial charge in [0.25, 0.3) is 0 Å². The molecule has 1 aromatic heterocycles. The Morgan fingerprint density at radius 3 is 2.73 bits per heavy atom. The van der Waals surface area contributed by atoms with Crippen molar-refractivity contribution >= 4 is 22.7 Å². The van der Waals surface area contributed by atoms with E-state index in [0.29, 0.717) is 6.04 Å². The van der Waals surface area contributed by atoms with Gasteiger partial charge >= 0.3 is 0 Å². The third kappa shape index (κ3) is 5.27. The summed E-state index contributed by atoms with van der Waals surface area (Å²) in [6.45, 7) is 6.01. The Kier molecular flexibility index (Phi) is 6.61. The van der Waals surface area contributed by atoms with Crippen molar-refractivity contribution in [2.45, 2.75) is 31.2 Å². The monoisotopic (exact) mass is 369 g/mol. The zero-order valence-electron chi connectivity index (χ0n) is 15.1. The normalized spacial score (nSPS) is 12.4. The first kappa shape index (κ1) is 18.8. The molecule has 0 saturated heterocycles. The van der Waals surface area contributed by atoms with Crippen LogP contribution in [0.1, 0.15) is 18.1 Å². The van der Waals surface area contributed by atoms with Gasteiger partial charge in [-0.15, -0.1) is 0 Å². The van der Waals surface area contributed by atoms with E-state index in [1.807, 2.05) is 24.5 Å². The van der Waals surface area contributed by atoms with Gasteiger partial charge in [0, 0.05) is 35.3 Å². The number of nitrogens with one attached hydrogen (secondary N) is 2. The van der Waals surface area contributed by atoms with Gasteiger partial charge in [-0.25, -0.2) is 4.39 Å². The van der Waals surface area contributed by atoms with Crippen LogP contribution in [0, 0.1) is 12.7 Å². The minimum atomic E-state index is -0.184. The van der Waals surface area contributed by atoms with Gasteiger partial charge in [-0.2, -0.15) is 0 Å². The van der Waals surface area contributed by atoms with Crippen molar-refractivity contribution in [3.63, 3.8) is 0 Å². The summed E-state index contributed by atoms with van der Waals surface area (Å²) >= 11 is 1.66. The zero-order valence-corrected chi connectivity index (χ0v) is 15.9. The summed E-state index contributed by atoms with van der Waals surface area (Å²) in [6.07, 6.45) is 4.70. The van der Waals surface area contributed by atoms with Crippen molar-refractivity contribution in [3.05, 3.63) is 71.8 Å².